The molecule has 2 unspecified atom stereocenters. The Morgan fingerprint density at radius 3 is 2.71 bits per heavy atom. The summed E-state index contributed by atoms with van der Waals surface area (Å²) in [7, 11) is 0. The predicted molar refractivity (Wildman–Crippen MR) is 83.4 cm³/mol. The van der Waals surface area contributed by atoms with Crippen LogP contribution in [0.2, 0.25) is 0 Å². The molecule has 1 aliphatic carbocycles. The van der Waals surface area contributed by atoms with Gasteiger partial charge in [0.05, 0.1) is 11.7 Å². The molecular weight excluding hydrogens is 316 g/mol. The Kier molecular flexibility index (Phi) is 4.44. The fourth-order valence-electron chi connectivity index (χ4n) is 3.34. The lowest BCUT2D eigenvalue weighted by molar-refractivity contribution is 0.187. The van der Waals surface area contributed by atoms with Gasteiger partial charge in [0.25, 0.3) is 0 Å². The van der Waals surface area contributed by atoms with Gasteiger partial charge in [-0.2, -0.15) is 0 Å². The molecule has 0 fully saturated rings. The van der Waals surface area contributed by atoms with E-state index in [0.717, 1.165) is 6.07 Å². The Bertz CT molecular complexity index is 769. The smallest absolute Gasteiger partial charge is 0.405 e. The largest absolute Gasteiger partial charge is 0.465 e. The van der Waals surface area contributed by atoms with E-state index in [1.165, 1.54) is 12.1 Å². The number of hydrogen-bond acceptors (Lipinski definition) is 3. The second-order valence-corrected chi connectivity index (χ2v) is 5.84. The summed E-state index contributed by atoms with van der Waals surface area (Å²) in [6.45, 7) is 0. The number of amides is 1. The lowest BCUT2D eigenvalue weighted by atomic mass is 9.85. The van der Waals surface area contributed by atoms with Crippen LogP contribution in [0.5, 0.6) is 0 Å². The first kappa shape index (κ1) is 16.3. The summed E-state index contributed by atoms with van der Waals surface area (Å²) >= 11 is 0. The summed E-state index contributed by atoms with van der Waals surface area (Å²) in [6, 6.07) is 6.19. The summed E-state index contributed by atoms with van der Waals surface area (Å²) < 4.78 is 28.0. The van der Waals surface area contributed by atoms with E-state index in [1.54, 1.807) is 18.3 Å². The number of rotatable bonds is 2. The number of nitrogens with two attached hydrogens (primary N) is 1. The van der Waals surface area contributed by atoms with E-state index in [2.05, 4.69) is 10.3 Å². The molecule has 24 heavy (non-hydrogen) atoms. The molecule has 5 nitrogen and oxygen atoms in total. The van der Waals surface area contributed by atoms with Crippen molar-refractivity contribution in [2.24, 2.45) is 5.73 Å². The lowest BCUT2D eigenvalue weighted by Crippen LogP contribution is -2.32. The van der Waals surface area contributed by atoms with Crippen molar-refractivity contribution in [2.45, 2.75) is 30.8 Å². The minimum absolute atomic E-state index is 0.137. The molecule has 7 heteroatoms. The zero-order valence-corrected chi connectivity index (χ0v) is 12.7. The van der Waals surface area contributed by atoms with Crippen molar-refractivity contribution in [3.05, 3.63) is 65.0 Å². The van der Waals surface area contributed by atoms with E-state index in [0.29, 0.717) is 24.1 Å². The Morgan fingerprint density at radius 2 is 1.96 bits per heavy atom. The summed E-state index contributed by atoms with van der Waals surface area (Å²) in [4.78, 5) is 15.5. The van der Waals surface area contributed by atoms with Gasteiger partial charge in [0.1, 0.15) is 0 Å². The first-order valence-corrected chi connectivity index (χ1v) is 7.62. The van der Waals surface area contributed by atoms with Crippen molar-refractivity contribution in [3.63, 3.8) is 0 Å². The zero-order chi connectivity index (χ0) is 17.3. The van der Waals surface area contributed by atoms with Crippen molar-refractivity contribution < 1.29 is 18.7 Å². The van der Waals surface area contributed by atoms with E-state index in [1.807, 2.05) is 0 Å². The Balaban J connectivity index is 2.14. The van der Waals surface area contributed by atoms with Gasteiger partial charge in [-0.15, -0.1) is 0 Å². The van der Waals surface area contributed by atoms with Gasteiger partial charge in [0.15, 0.2) is 11.6 Å². The van der Waals surface area contributed by atoms with Crippen LogP contribution in [-0.4, -0.2) is 16.2 Å². The first-order chi connectivity index (χ1) is 11.5. The van der Waals surface area contributed by atoms with E-state index in [9.17, 15) is 18.7 Å². The molecule has 1 aromatic heterocycles. The molecule has 2 aromatic rings. The number of benzene rings is 1. The third kappa shape index (κ3) is 2.94. The van der Waals surface area contributed by atoms with E-state index in [4.69, 9.17) is 5.73 Å². The summed E-state index contributed by atoms with van der Waals surface area (Å²) in [5, 5.41) is 11.6. The van der Waals surface area contributed by atoms with E-state index < -0.39 is 29.7 Å². The molecule has 3 atom stereocenters. The highest BCUT2D eigenvalue weighted by Gasteiger charge is 2.35. The molecule has 0 spiro atoms. The molecule has 1 aromatic carbocycles. The Labute approximate surface area is 137 Å². The molecule has 1 amide bonds. The minimum Gasteiger partial charge on any atom is -0.465 e. The molecule has 3 rings (SSSR count). The second-order valence-electron chi connectivity index (χ2n) is 5.84. The number of fused-ring (bicyclic) bond motifs is 1. The SMILES string of the molecule is N[C@@H]1CCC(c2cccc(F)c2F)C(NC(=O)O)c2cccnc21. The molecule has 126 valence electrons. The minimum atomic E-state index is -1.24. The molecule has 1 aliphatic rings. The molecular formula is C17H17F2N3O2. The highest BCUT2D eigenvalue weighted by molar-refractivity contribution is 5.65. The zero-order valence-electron chi connectivity index (χ0n) is 12.7. The predicted octanol–water partition coefficient (Wildman–Crippen LogP) is 3.25. The van der Waals surface area contributed by atoms with Gasteiger partial charge in [-0.3, -0.25) is 4.98 Å². The van der Waals surface area contributed by atoms with Gasteiger partial charge in [-0.25, -0.2) is 13.6 Å². The number of nitrogens with zero attached hydrogens (tertiary/aromatic N) is 1. The van der Waals surface area contributed by atoms with E-state index in [-0.39, 0.29) is 11.6 Å². The average molecular weight is 333 g/mol. The Morgan fingerprint density at radius 1 is 1.21 bits per heavy atom. The van der Waals surface area contributed by atoms with Crippen molar-refractivity contribution in [3.8, 4) is 0 Å². The highest BCUT2D eigenvalue weighted by Crippen LogP contribution is 2.42. The van der Waals surface area contributed by atoms with Crippen LogP contribution in [0.1, 0.15) is 47.7 Å². The summed E-state index contributed by atoms with van der Waals surface area (Å²) in [5.41, 5.74) is 7.45. The topological polar surface area (TPSA) is 88.2 Å². The normalized spacial score (nSPS) is 23.2. The van der Waals surface area contributed by atoms with Crippen LogP contribution in [0.15, 0.2) is 36.5 Å². The van der Waals surface area contributed by atoms with Crippen LogP contribution in [0.3, 0.4) is 0 Å². The number of carboxylic acid groups (broad SMARTS) is 1. The maximum Gasteiger partial charge on any atom is 0.405 e. The second kappa shape index (κ2) is 6.52. The van der Waals surface area contributed by atoms with Gasteiger partial charge in [-0.05, 0) is 36.1 Å². The summed E-state index contributed by atoms with van der Waals surface area (Å²) in [6.07, 6.45) is 1.23. The number of aromatic nitrogens is 1. The van der Waals surface area contributed by atoms with Crippen LogP contribution in [-0.2, 0) is 0 Å². The average Bonchev–Trinajstić information content (AvgIpc) is 2.69. The first-order valence-electron chi connectivity index (χ1n) is 7.62. The maximum atomic E-state index is 14.3. The fraction of sp³-hybridized carbons (Fsp3) is 0.294. The quantitative estimate of drug-likeness (QED) is 0.736. The standard InChI is InChI=1S/C17H17F2N3O2/c18-12-5-1-3-9(14(12)19)10-6-7-13(20)16-11(4-2-8-21-16)15(10)22-17(23)24/h1-5,8,10,13,15,22H,6-7,20H2,(H,23,24)/t10?,13-,15?/m1/s1. The van der Waals surface area contributed by atoms with Crippen LogP contribution < -0.4 is 11.1 Å². The molecule has 0 bridgehead atoms. The third-order valence-corrected chi connectivity index (χ3v) is 4.41. The van der Waals surface area contributed by atoms with Crippen LogP contribution in [0, 0.1) is 11.6 Å². The molecule has 0 saturated carbocycles. The van der Waals surface area contributed by atoms with Crippen molar-refractivity contribution in [2.75, 3.05) is 0 Å². The fourth-order valence-corrected chi connectivity index (χ4v) is 3.34. The number of nitrogens with one attached hydrogen (secondary N) is 1. The number of pyridine rings is 1. The molecule has 4 N–H and O–H groups in total. The number of carbonyl (C=O) groups is 1. The van der Waals surface area contributed by atoms with E-state index >= 15 is 0 Å². The van der Waals surface area contributed by atoms with Crippen molar-refractivity contribution in [1.29, 1.82) is 0 Å². The monoisotopic (exact) mass is 333 g/mol. The molecule has 1 heterocycles. The van der Waals surface area contributed by atoms with Gasteiger partial charge in [-0.1, -0.05) is 18.2 Å². The lowest BCUT2D eigenvalue weighted by Gasteiger charge is -2.27. The maximum absolute atomic E-state index is 14.3. The van der Waals surface area contributed by atoms with Crippen molar-refractivity contribution in [1.82, 2.24) is 10.3 Å². The van der Waals surface area contributed by atoms with Crippen LogP contribution in [0.4, 0.5) is 13.6 Å². The number of hydrogen-bond donors (Lipinski definition) is 3. The Hall–Kier alpha value is -2.54. The molecule has 0 aliphatic heterocycles. The van der Waals surface area contributed by atoms with Gasteiger partial charge < -0.3 is 16.2 Å². The molecule has 0 radical (unpaired) electrons. The summed E-state index contributed by atoms with van der Waals surface area (Å²) in [5.74, 6) is -2.49. The third-order valence-electron chi connectivity index (χ3n) is 4.41. The number of halogens is 2. The van der Waals surface area contributed by atoms with Crippen LogP contribution >= 0.6 is 0 Å². The molecule has 0 saturated heterocycles. The van der Waals surface area contributed by atoms with Crippen LogP contribution in [0.25, 0.3) is 0 Å². The van der Waals surface area contributed by atoms with Gasteiger partial charge in [0.2, 0.25) is 0 Å². The highest BCUT2D eigenvalue weighted by atomic mass is 19.2. The van der Waals surface area contributed by atoms with Crippen molar-refractivity contribution >= 4 is 6.09 Å². The van der Waals surface area contributed by atoms with Gasteiger partial charge >= 0.3 is 6.09 Å². The van der Waals surface area contributed by atoms with Gasteiger partial charge in [0, 0.05) is 18.2 Å².